The first-order valence-electron chi connectivity index (χ1n) is 15.0. The Hall–Kier alpha value is -5.86. The Morgan fingerprint density at radius 2 is 0.818 bits per heavy atom. The molecule has 1 heterocycles. The van der Waals surface area contributed by atoms with Crippen molar-refractivity contribution in [2.24, 2.45) is 0 Å². The fourth-order valence-corrected chi connectivity index (χ4v) is 6.82. The smallest absolute Gasteiger partial charge is 0.0971 e. The summed E-state index contributed by atoms with van der Waals surface area (Å²) < 4.78 is 0. The Bertz CT molecular complexity index is 2510. The largest absolute Gasteiger partial charge is 0.252 e. The number of nitrogens with zero attached hydrogens (tertiary/aromatic N) is 2. The summed E-state index contributed by atoms with van der Waals surface area (Å²) in [5, 5.41) is 9.79. The van der Waals surface area contributed by atoms with Crippen LogP contribution in [0.2, 0.25) is 0 Å². The van der Waals surface area contributed by atoms with Crippen molar-refractivity contribution in [1.82, 2.24) is 9.97 Å². The summed E-state index contributed by atoms with van der Waals surface area (Å²) in [6.45, 7) is 0. The number of hydrogen-bond acceptors (Lipinski definition) is 2. The van der Waals surface area contributed by atoms with Crippen LogP contribution >= 0.6 is 0 Å². The fourth-order valence-electron chi connectivity index (χ4n) is 6.82. The molecule has 0 amide bonds. The molecule has 0 atom stereocenters. The van der Waals surface area contributed by atoms with Crippen molar-refractivity contribution >= 4 is 54.1 Å². The Morgan fingerprint density at radius 1 is 0.295 bits per heavy atom. The van der Waals surface area contributed by atoms with E-state index in [0.29, 0.717) is 0 Å². The maximum atomic E-state index is 4.71. The van der Waals surface area contributed by atoms with Crippen molar-refractivity contribution in [2.45, 2.75) is 0 Å². The summed E-state index contributed by atoms with van der Waals surface area (Å²) >= 11 is 0. The third-order valence-electron chi connectivity index (χ3n) is 8.94. The van der Waals surface area contributed by atoms with Crippen molar-refractivity contribution in [1.29, 1.82) is 0 Å². The Morgan fingerprint density at radius 3 is 1.57 bits per heavy atom. The number of aromatic nitrogens is 2. The quantitative estimate of drug-likeness (QED) is 0.202. The topological polar surface area (TPSA) is 25.8 Å². The van der Waals surface area contributed by atoms with Gasteiger partial charge in [0.25, 0.3) is 0 Å². The molecule has 0 aliphatic rings. The Labute approximate surface area is 254 Å². The molecule has 9 aromatic rings. The van der Waals surface area contributed by atoms with E-state index in [1.807, 2.05) is 0 Å². The summed E-state index contributed by atoms with van der Waals surface area (Å²) in [4.78, 5) is 9.39. The molecule has 2 nitrogen and oxygen atoms in total. The number of hydrogen-bond donors (Lipinski definition) is 0. The number of benzene rings is 8. The lowest BCUT2D eigenvalue weighted by atomic mass is 9.92. The first-order chi connectivity index (χ1) is 21.8. The molecule has 0 aliphatic carbocycles. The van der Waals surface area contributed by atoms with Gasteiger partial charge in [0.2, 0.25) is 0 Å². The first kappa shape index (κ1) is 24.7. The third kappa shape index (κ3) is 3.89. The van der Waals surface area contributed by atoms with Crippen molar-refractivity contribution in [3.63, 3.8) is 0 Å². The minimum Gasteiger partial charge on any atom is -0.252 e. The molecule has 0 saturated heterocycles. The molecule has 8 aromatic carbocycles. The van der Waals surface area contributed by atoms with Crippen LogP contribution in [0.5, 0.6) is 0 Å². The predicted molar refractivity (Wildman–Crippen MR) is 186 cm³/mol. The van der Waals surface area contributed by atoms with Crippen LogP contribution in [0.4, 0.5) is 0 Å². The van der Waals surface area contributed by atoms with E-state index >= 15 is 0 Å². The summed E-state index contributed by atoms with van der Waals surface area (Å²) in [7, 11) is 0. The molecule has 2 heteroatoms. The monoisotopic (exact) mass is 558 g/mol. The van der Waals surface area contributed by atoms with Gasteiger partial charge in [-0.2, -0.15) is 0 Å². The zero-order valence-corrected chi connectivity index (χ0v) is 23.9. The van der Waals surface area contributed by atoms with Crippen LogP contribution < -0.4 is 0 Å². The average molecular weight is 559 g/mol. The van der Waals surface area contributed by atoms with E-state index < -0.39 is 0 Å². The second kappa shape index (κ2) is 9.86. The van der Waals surface area contributed by atoms with Gasteiger partial charge >= 0.3 is 0 Å². The van der Waals surface area contributed by atoms with Crippen molar-refractivity contribution in [2.75, 3.05) is 0 Å². The standard InChI is InChI=1S/C42H26N2/c1-2-11-33-32(8-1)26-39(35-13-4-3-12-34(33)35)28-18-16-27(17-19-28)29-9-7-10-30(24-29)31-20-21-38-40(25-31)36-14-5-6-15-37(36)41-42(38)44-23-22-43-41/h1-26H. The van der Waals surface area contributed by atoms with Gasteiger partial charge in [-0.1, -0.05) is 127 Å². The van der Waals surface area contributed by atoms with E-state index in [-0.39, 0.29) is 0 Å². The van der Waals surface area contributed by atoms with Gasteiger partial charge in [-0.05, 0) is 83.9 Å². The van der Waals surface area contributed by atoms with Crippen LogP contribution in [0.15, 0.2) is 158 Å². The van der Waals surface area contributed by atoms with E-state index in [0.717, 1.165) is 21.8 Å². The van der Waals surface area contributed by atoms with Gasteiger partial charge < -0.3 is 0 Å². The lowest BCUT2D eigenvalue weighted by Crippen LogP contribution is -1.89. The molecule has 0 radical (unpaired) electrons. The predicted octanol–water partition coefficient (Wildman–Crippen LogP) is 11.2. The van der Waals surface area contributed by atoms with Crippen molar-refractivity contribution < 1.29 is 0 Å². The van der Waals surface area contributed by atoms with Gasteiger partial charge in [-0.15, -0.1) is 0 Å². The molecule has 0 fully saturated rings. The van der Waals surface area contributed by atoms with Crippen LogP contribution in [0.1, 0.15) is 0 Å². The summed E-state index contributed by atoms with van der Waals surface area (Å²) in [5.41, 5.74) is 9.17. The van der Waals surface area contributed by atoms with Crippen LogP contribution in [-0.4, -0.2) is 9.97 Å². The van der Waals surface area contributed by atoms with Crippen LogP contribution in [0.3, 0.4) is 0 Å². The minimum absolute atomic E-state index is 0.945. The third-order valence-corrected chi connectivity index (χ3v) is 8.94. The zero-order chi connectivity index (χ0) is 29.0. The highest BCUT2D eigenvalue weighted by Crippen LogP contribution is 2.38. The molecule has 44 heavy (non-hydrogen) atoms. The van der Waals surface area contributed by atoms with Crippen LogP contribution in [0, 0.1) is 0 Å². The van der Waals surface area contributed by atoms with Crippen molar-refractivity contribution in [3.05, 3.63) is 158 Å². The van der Waals surface area contributed by atoms with Crippen LogP contribution in [0.25, 0.3) is 87.5 Å². The van der Waals surface area contributed by atoms with E-state index in [9.17, 15) is 0 Å². The highest BCUT2D eigenvalue weighted by molar-refractivity contribution is 6.23. The SMILES string of the molecule is c1cc(-c2ccc(-c3cc4ccccc4c4ccccc34)cc2)cc(-c2ccc3c(c2)c2ccccc2c2nccnc32)c1. The minimum atomic E-state index is 0.945. The molecule has 9 rings (SSSR count). The van der Waals surface area contributed by atoms with Gasteiger partial charge in [0, 0.05) is 23.2 Å². The molecular formula is C42H26N2. The van der Waals surface area contributed by atoms with Crippen molar-refractivity contribution in [3.8, 4) is 33.4 Å². The molecule has 0 saturated carbocycles. The highest BCUT2D eigenvalue weighted by atomic mass is 14.8. The highest BCUT2D eigenvalue weighted by Gasteiger charge is 2.12. The summed E-state index contributed by atoms with van der Waals surface area (Å²) in [6.07, 6.45) is 3.55. The van der Waals surface area contributed by atoms with E-state index in [4.69, 9.17) is 4.98 Å². The van der Waals surface area contributed by atoms with Crippen LogP contribution in [-0.2, 0) is 0 Å². The van der Waals surface area contributed by atoms with E-state index in [1.165, 1.54) is 65.7 Å². The van der Waals surface area contributed by atoms with E-state index in [1.54, 1.807) is 12.4 Å². The Balaban J connectivity index is 1.13. The molecule has 204 valence electrons. The molecule has 1 aromatic heterocycles. The lowest BCUT2D eigenvalue weighted by Gasteiger charge is -2.13. The summed E-state index contributed by atoms with van der Waals surface area (Å²) in [5.74, 6) is 0. The second-order valence-corrected chi connectivity index (χ2v) is 11.4. The van der Waals surface area contributed by atoms with Gasteiger partial charge in [0.1, 0.15) is 0 Å². The van der Waals surface area contributed by atoms with Gasteiger partial charge in [0.05, 0.1) is 11.0 Å². The van der Waals surface area contributed by atoms with Gasteiger partial charge in [0.15, 0.2) is 0 Å². The lowest BCUT2D eigenvalue weighted by molar-refractivity contribution is 1.31. The average Bonchev–Trinajstić information content (AvgIpc) is 3.11. The molecule has 0 N–H and O–H groups in total. The van der Waals surface area contributed by atoms with Gasteiger partial charge in [-0.25, -0.2) is 0 Å². The van der Waals surface area contributed by atoms with E-state index in [2.05, 4.69) is 151 Å². The summed E-state index contributed by atoms with van der Waals surface area (Å²) in [6, 6.07) is 52.8. The molecular weight excluding hydrogens is 532 g/mol. The molecule has 0 unspecified atom stereocenters. The molecule has 0 spiro atoms. The first-order valence-corrected chi connectivity index (χ1v) is 15.0. The molecule has 0 bridgehead atoms. The fraction of sp³-hybridized carbons (Fsp3) is 0. The second-order valence-electron chi connectivity index (χ2n) is 11.4. The molecule has 0 aliphatic heterocycles. The zero-order valence-electron chi connectivity index (χ0n) is 23.9. The number of fused-ring (bicyclic) bond motifs is 9. The normalized spacial score (nSPS) is 11.6. The maximum Gasteiger partial charge on any atom is 0.0971 e. The Kier molecular flexibility index (Phi) is 5.54. The number of rotatable bonds is 3. The maximum absolute atomic E-state index is 4.71. The van der Waals surface area contributed by atoms with Gasteiger partial charge in [-0.3, -0.25) is 9.97 Å².